The van der Waals surface area contributed by atoms with Crippen molar-refractivity contribution in [3.8, 4) is 5.75 Å². The van der Waals surface area contributed by atoms with Gasteiger partial charge < -0.3 is 15.7 Å². The Morgan fingerprint density at radius 2 is 1.86 bits per heavy atom. The summed E-state index contributed by atoms with van der Waals surface area (Å²) in [4.78, 5) is 15.4. The molecule has 1 aliphatic rings. The van der Waals surface area contributed by atoms with E-state index in [4.69, 9.17) is 0 Å². The molecule has 2 aromatic rings. The fourth-order valence-corrected chi connectivity index (χ4v) is 3.99. The highest BCUT2D eigenvalue weighted by molar-refractivity contribution is 7.92. The summed E-state index contributed by atoms with van der Waals surface area (Å²) in [5.74, 6) is -1.89. The lowest BCUT2D eigenvalue weighted by molar-refractivity contribution is -0.117. The fourth-order valence-electron chi connectivity index (χ4n) is 2.82. The third kappa shape index (κ3) is 4.74. The normalized spacial score (nSPS) is 15.9. The number of hydrogen-bond acceptors (Lipinski definition) is 5. The molecule has 0 bridgehead atoms. The van der Waals surface area contributed by atoms with E-state index in [1.54, 1.807) is 11.8 Å². The van der Waals surface area contributed by atoms with Gasteiger partial charge in [0.25, 0.3) is 5.91 Å². The first-order chi connectivity index (χ1) is 13.8. The minimum Gasteiger partial charge on any atom is -0.506 e. The number of nitrogens with one attached hydrogen (secondary N) is 3. The van der Waals surface area contributed by atoms with Crippen molar-refractivity contribution in [2.75, 3.05) is 17.9 Å². The lowest BCUT2D eigenvalue weighted by Crippen LogP contribution is -2.36. The molecule has 3 rings (SSSR count). The summed E-state index contributed by atoms with van der Waals surface area (Å²) in [7, 11) is -2.63. The maximum Gasteiger partial charge on any atom is 0.326 e. The van der Waals surface area contributed by atoms with Gasteiger partial charge >= 0.3 is 10.2 Å². The summed E-state index contributed by atoms with van der Waals surface area (Å²) in [5, 5.41) is 16.3. The van der Waals surface area contributed by atoms with Crippen molar-refractivity contribution >= 4 is 27.8 Å². The number of halogens is 1. The maximum atomic E-state index is 14.5. The molecule has 1 fully saturated rings. The standard InChI is InChI=1S/C18H20FN5O4S/c1-20-18(21-9-12-5-3-2-4-6-12)22-10-13-7-14(19)17(15(25)8-13)24-11-16(26)23-29(24,27)28/h2-8,25H,9-11H2,1H3,(H,23,26)(H2,20,21,22). The highest BCUT2D eigenvalue weighted by atomic mass is 32.2. The molecular weight excluding hydrogens is 401 g/mol. The number of phenolic OH excluding ortho intramolecular Hbond substituents is 1. The topological polar surface area (TPSA) is 123 Å². The van der Waals surface area contributed by atoms with E-state index in [0.717, 1.165) is 11.6 Å². The van der Waals surface area contributed by atoms with Crippen LogP contribution in [0.25, 0.3) is 0 Å². The summed E-state index contributed by atoms with van der Waals surface area (Å²) in [6.07, 6.45) is 0. The third-order valence-corrected chi connectivity index (χ3v) is 5.54. The van der Waals surface area contributed by atoms with Gasteiger partial charge in [0, 0.05) is 20.1 Å². The summed E-state index contributed by atoms with van der Waals surface area (Å²) in [6.45, 7) is 0.0660. The number of benzene rings is 2. The zero-order chi connectivity index (χ0) is 21.0. The van der Waals surface area contributed by atoms with Gasteiger partial charge in [0.1, 0.15) is 18.0 Å². The fraction of sp³-hybridized carbons (Fsp3) is 0.222. The van der Waals surface area contributed by atoms with Gasteiger partial charge in [0.2, 0.25) is 0 Å². The highest BCUT2D eigenvalue weighted by Crippen LogP contribution is 2.34. The molecule has 0 atom stereocenters. The number of rotatable bonds is 5. The van der Waals surface area contributed by atoms with Crippen molar-refractivity contribution in [2.45, 2.75) is 13.1 Å². The number of carbonyl (C=O) groups is 1. The first kappa shape index (κ1) is 20.4. The van der Waals surface area contributed by atoms with Gasteiger partial charge in [0.15, 0.2) is 11.8 Å². The van der Waals surface area contributed by atoms with E-state index in [2.05, 4.69) is 15.6 Å². The monoisotopic (exact) mass is 421 g/mol. The van der Waals surface area contributed by atoms with Crippen LogP contribution in [0.3, 0.4) is 0 Å². The molecular formula is C18H20FN5O4S. The van der Waals surface area contributed by atoms with E-state index in [-0.39, 0.29) is 6.54 Å². The first-order valence-electron chi connectivity index (χ1n) is 8.63. The van der Waals surface area contributed by atoms with Gasteiger partial charge in [-0.3, -0.25) is 9.79 Å². The van der Waals surface area contributed by atoms with Gasteiger partial charge in [0.05, 0.1) is 0 Å². The summed E-state index contributed by atoms with van der Waals surface area (Å²) < 4.78 is 40.5. The molecule has 1 amide bonds. The van der Waals surface area contributed by atoms with Crippen molar-refractivity contribution in [1.29, 1.82) is 0 Å². The van der Waals surface area contributed by atoms with Crippen LogP contribution in [0.2, 0.25) is 0 Å². The molecule has 11 heteroatoms. The molecule has 154 valence electrons. The Labute approximate surface area is 167 Å². The van der Waals surface area contributed by atoms with Crippen molar-refractivity contribution < 1.29 is 22.7 Å². The van der Waals surface area contributed by atoms with Crippen molar-refractivity contribution in [1.82, 2.24) is 15.4 Å². The van der Waals surface area contributed by atoms with Gasteiger partial charge in [-0.2, -0.15) is 8.42 Å². The number of guanidine groups is 1. The Morgan fingerprint density at radius 1 is 1.21 bits per heavy atom. The minimum atomic E-state index is -4.22. The van der Waals surface area contributed by atoms with Gasteiger partial charge in [-0.05, 0) is 23.3 Å². The summed E-state index contributed by atoms with van der Waals surface area (Å²) >= 11 is 0. The second-order valence-electron chi connectivity index (χ2n) is 6.25. The summed E-state index contributed by atoms with van der Waals surface area (Å²) in [6, 6.07) is 12.0. The Balaban J connectivity index is 1.68. The largest absolute Gasteiger partial charge is 0.506 e. The lowest BCUT2D eigenvalue weighted by atomic mass is 10.1. The molecule has 0 radical (unpaired) electrons. The molecule has 2 aromatic carbocycles. The second-order valence-corrected chi connectivity index (χ2v) is 7.84. The Hall–Kier alpha value is -3.34. The number of carbonyl (C=O) groups excluding carboxylic acids is 1. The maximum absolute atomic E-state index is 14.5. The SMILES string of the molecule is CN=C(NCc1ccccc1)NCc1cc(O)c(N2CC(=O)NS2(=O)=O)c(F)c1. The van der Waals surface area contributed by atoms with Crippen LogP contribution in [0, 0.1) is 5.82 Å². The Kier molecular flexibility index (Phi) is 5.87. The molecule has 9 nitrogen and oxygen atoms in total. The van der Waals surface area contributed by atoms with E-state index in [9.17, 15) is 22.7 Å². The van der Waals surface area contributed by atoms with Gasteiger partial charge in [-0.25, -0.2) is 13.4 Å². The van der Waals surface area contributed by atoms with Crippen molar-refractivity contribution in [3.05, 3.63) is 59.4 Å². The zero-order valence-electron chi connectivity index (χ0n) is 15.5. The van der Waals surface area contributed by atoms with Gasteiger partial charge in [-0.1, -0.05) is 30.3 Å². The van der Waals surface area contributed by atoms with E-state index < -0.39 is 39.9 Å². The molecule has 29 heavy (non-hydrogen) atoms. The molecule has 4 N–H and O–H groups in total. The molecule has 0 aliphatic carbocycles. The van der Waals surface area contributed by atoms with Crippen LogP contribution in [0.4, 0.5) is 10.1 Å². The van der Waals surface area contributed by atoms with E-state index in [1.165, 1.54) is 6.07 Å². The molecule has 1 heterocycles. The molecule has 0 unspecified atom stereocenters. The lowest BCUT2D eigenvalue weighted by Gasteiger charge is -2.18. The number of amides is 1. The van der Waals surface area contributed by atoms with Crippen LogP contribution in [0.1, 0.15) is 11.1 Å². The number of phenols is 1. The van der Waals surface area contributed by atoms with E-state index in [0.29, 0.717) is 22.4 Å². The van der Waals surface area contributed by atoms with Crippen LogP contribution in [0.15, 0.2) is 47.5 Å². The predicted molar refractivity (Wildman–Crippen MR) is 106 cm³/mol. The predicted octanol–water partition coefficient (Wildman–Crippen LogP) is 0.578. The molecule has 1 aliphatic heterocycles. The van der Waals surface area contributed by atoms with Crippen LogP contribution >= 0.6 is 0 Å². The quantitative estimate of drug-likeness (QED) is 0.414. The average Bonchev–Trinajstić information content (AvgIpc) is 2.94. The van der Waals surface area contributed by atoms with Crippen LogP contribution in [-0.2, 0) is 28.1 Å². The van der Waals surface area contributed by atoms with Crippen molar-refractivity contribution in [3.63, 3.8) is 0 Å². The van der Waals surface area contributed by atoms with Crippen LogP contribution in [-0.4, -0.2) is 39.0 Å². The van der Waals surface area contributed by atoms with Crippen molar-refractivity contribution in [2.24, 2.45) is 4.99 Å². The number of hydrogen-bond donors (Lipinski definition) is 4. The Bertz CT molecular complexity index is 1020. The average molecular weight is 421 g/mol. The molecule has 0 spiro atoms. The third-order valence-electron chi connectivity index (χ3n) is 4.16. The molecule has 0 aromatic heterocycles. The first-order valence-corrected chi connectivity index (χ1v) is 10.1. The van der Waals surface area contributed by atoms with E-state index >= 15 is 0 Å². The van der Waals surface area contributed by atoms with Crippen LogP contribution in [0.5, 0.6) is 5.75 Å². The van der Waals surface area contributed by atoms with Crippen LogP contribution < -0.4 is 19.7 Å². The number of aromatic hydroxyl groups is 1. The summed E-state index contributed by atoms with van der Waals surface area (Å²) in [5.41, 5.74) is 0.847. The smallest absolute Gasteiger partial charge is 0.326 e. The Morgan fingerprint density at radius 3 is 2.41 bits per heavy atom. The molecule has 1 saturated heterocycles. The second kappa shape index (κ2) is 8.35. The van der Waals surface area contributed by atoms with E-state index in [1.807, 2.05) is 30.3 Å². The van der Waals surface area contributed by atoms with Gasteiger partial charge in [-0.15, -0.1) is 0 Å². The molecule has 0 saturated carbocycles. The minimum absolute atomic E-state index is 0.128. The number of nitrogens with zero attached hydrogens (tertiary/aromatic N) is 2. The zero-order valence-corrected chi connectivity index (χ0v) is 16.3. The highest BCUT2D eigenvalue weighted by Gasteiger charge is 2.37. The number of anilines is 1. The number of aliphatic imine (C=N–C) groups is 1.